The molecule has 23 heavy (non-hydrogen) atoms. The lowest BCUT2D eigenvalue weighted by Gasteiger charge is -2.35. The molecule has 0 atom stereocenters. The van der Waals surface area contributed by atoms with E-state index in [0.717, 1.165) is 68.9 Å². The van der Waals surface area contributed by atoms with Crippen molar-refractivity contribution in [1.82, 2.24) is 24.7 Å². The predicted octanol–water partition coefficient (Wildman–Crippen LogP) is 1.27. The molecule has 0 saturated carbocycles. The van der Waals surface area contributed by atoms with Crippen molar-refractivity contribution in [1.29, 1.82) is 0 Å². The van der Waals surface area contributed by atoms with E-state index >= 15 is 0 Å². The summed E-state index contributed by atoms with van der Waals surface area (Å²) >= 11 is 0. The highest BCUT2D eigenvalue weighted by atomic mass is 16.2. The summed E-state index contributed by atoms with van der Waals surface area (Å²) in [6.07, 6.45) is 5.65. The number of carbonyl (C=O) groups excluding carboxylic acids is 1. The first-order valence-electron chi connectivity index (χ1n) is 8.41. The molecule has 2 aromatic heterocycles. The highest BCUT2D eigenvalue weighted by molar-refractivity contribution is 5.78. The molecule has 0 aliphatic carbocycles. The largest absolute Gasteiger partial charge is 0.368 e. The fourth-order valence-electron chi connectivity index (χ4n) is 3.73. The van der Waals surface area contributed by atoms with E-state index in [9.17, 15) is 4.79 Å². The summed E-state index contributed by atoms with van der Waals surface area (Å²) in [5, 5.41) is 12.6. The molecule has 4 heterocycles. The number of fused-ring (bicyclic) bond motifs is 1. The number of likely N-dealkylation sites (tertiary alicyclic amines) is 1. The number of anilines is 1. The maximum atomic E-state index is 11.8. The van der Waals surface area contributed by atoms with Crippen LogP contribution in [0.3, 0.4) is 0 Å². The van der Waals surface area contributed by atoms with Crippen molar-refractivity contribution in [2.75, 3.05) is 31.1 Å². The number of aromatic nitrogens is 4. The first kappa shape index (κ1) is 14.4. The monoisotopic (exact) mass is 314 g/mol. The van der Waals surface area contributed by atoms with Gasteiger partial charge in [0.1, 0.15) is 6.33 Å². The van der Waals surface area contributed by atoms with Crippen LogP contribution in [-0.4, -0.2) is 56.8 Å². The van der Waals surface area contributed by atoms with Gasteiger partial charge < -0.3 is 9.80 Å². The van der Waals surface area contributed by atoms with Gasteiger partial charge in [0.05, 0.1) is 11.4 Å². The Morgan fingerprint density at radius 2 is 2.09 bits per heavy atom. The maximum Gasteiger partial charge on any atom is 0.222 e. The Morgan fingerprint density at radius 3 is 2.83 bits per heavy atom. The smallest absolute Gasteiger partial charge is 0.222 e. The summed E-state index contributed by atoms with van der Waals surface area (Å²) in [5.74, 6) is 0.951. The topological polar surface area (TPSA) is 66.6 Å². The van der Waals surface area contributed by atoms with Gasteiger partial charge in [-0.1, -0.05) is 0 Å². The lowest BCUT2D eigenvalue weighted by Crippen LogP contribution is -2.39. The third-order valence-electron chi connectivity index (χ3n) is 4.98. The highest BCUT2D eigenvalue weighted by Crippen LogP contribution is 2.27. The van der Waals surface area contributed by atoms with Crippen molar-refractivity contribution in [3.63, 3.8) is 0 Å². The molecule has 1 amide bonds. The molecule has 4 rings (SSSR count). The average molecular weight is 314 g/mol. The van der Waals surface area contributed by atoms with Gasteiger partial charge in [0, 0.05) is 32.6 Å². The lowest BCUT2D eigenvalue weighted by atomic mass is 9.96. The van der Waals surface area contributed by atoms with E-state index in [2.05, 4.69) is 26.3 Å². The van der Waals surface area contributed by atoms with Crippen LogP contribution in [0.1, 0.15) is 31.4 Å². The second-order valence-corrected chi connectivity index (χ2v) is 6.64. The first-order valence-corrected chi connectivity index (χ1v) is 8.41. The van der Waals surface area contributed by atoms with Gasteiger partial charge in [0.2, 0.25) is 11.6 Å². The summed E-state index contributed by atoms with van der Waals surface area (Å²) < 4.78 is 1.75. The molecule has 2 saturated heterocycles. The molecule has 2 aliphatic rings. The zero-order chi connectivity index (χ0) is 15.8. The molecule has 0 unspecified atom stereocenters. The van der Waals surface area contributed by atoms with Gasteiger partial charge in [-0.2, -0.15) is 9.61 Å². The Balaban J connectivity index is 1.44. The zero-order valence-electron chi connectivity index (χ0n) is 13.5. The summed E-state index contributed by atoms with van der Waals surface area (Å²) in [6, 6.07) is 2.09. The van der Waals surface area contributed by atoms with Gasteiger partial charge in [0.25, 0.3) is 0 Å². The van der Waals surface area contributed by atoms with Gasteiger partial charge in [-0.3, -0.25) is 4.79 Å². The minimum Gasteiger partial charge on any atom is -0.368 e. The van der Waals surface area contributed by atoms with E-state index in [1.54, 1.807) is 10.8 Å². The van der Waals surface area contributed by atoms with Crippen LogP contribution in [0.4, 0.5) is 5.69 Å². The summed E-state index contributed by atoms with van der Waals surface area (Å²) in [4.78, 5) is 16.2. The van der Waals surface area contributed by atoms with Gasteiger partial charge in [-0.05, 0) is 38.2 Å². The minimum absolute atomic E-state index is 0.336. The molecule has 0 spiro atoms. The van der Waals surface area contributed by atoms with E-state index in [-0.39, 0.29) is 0 Å². The SMILES string of the molecule is Cc1cc(N2CCC(CN3CCCC3=O)CC2)c2nncn2n1. The van der Waals surface area contributed by atoms with Crippen molar-refractivity contribution in [2.24, 2.45) is 5.92 Å². The Morgan fingerprint density at radius 1 is 1.26 bits per heavy atom. The van der Waals surface area contributed by atoms with Gasteiger partial charge in [-0.25, -0.2) is 0 Å². The van der Waals surface area contributed by atoms with Crippen molar-refractivity contribution >= 4 is 17.2 Å². The van der Waals surface area contributed by atoms with Crippen LogP contribution in [0.15, 0.2) is 12.4 Å². The van der Waals surface area contributed by atoms with Crippen molar-refractivity contribution in [2.45, 2.75) is 32.6 Å². The highest BCUT2D eigenvalue weighted by Gasteiger charge is 2.27. The van der Waals surface area contributed by atoms with Crippen LogP contribution in [0.2, 0.25) is 0 Å². The summed E-state index contributed by atoms with van der Waals surface area (Å²) in [5.41, 5.74) is 2.91. The summed E-state index contributed by atoms with van der Waals surface area (Å²) in [6.45, 7) is 5.87. The number of hydrogen-bond acceptors (Lipinski definition) is 5. The Hall–Kier alpha value is -2.18. The van der Waals surface area contributed by atoms with E-state index in [4.69, 9.17) is 0 Å². The number of piperidine rings is 1. The molecule has 0 N–H and O–H groups in total. The van der Waals surface area contributed by atoms with Crippen LogP contribution in [-0.2, 0) is 4.79 Å². The van der Waals surface area contributed by atoms with Crippen molar-refractivity contribution in [3.05, 3.63) is 18.1 Å². The zero-order valence-corrected chi connectivity index (χ0v) is 13.5. The van der Waals surface area contributed by atoms with E-state index in [1.807, 2.05) is 11.8 Å². The van der Waals surface area contributed by atoms with Crippen molar-refractivity contribution in [3.8, 4) is 0 Å². The molecule has 122 valence electrons. The molecule has 0 bridgehead atoms. The number of aryl methyl sites for hydroxylation is 1. The molecule has 7 nitrogen and oxygen atoms in total. The molecule has 2 aliphatic heterocycles. The van der Waals surface area contributed by atoms with Crippen LogP contribution >= 0.6 is 0 Å². The number of carbonyl (C=O) groups is 1. The van der Waals surface area contributed by atoms with E-state index in [0.29, 0.717) is 11.8 Å². The molecule has 0 radical (unpaired) electrons. The first-order chi connectivity index (χ1) is 11.2. The fourth-order valence-corrected chi connectivity index (χ4v) is 3.73. The van der Waals surface area contributed by atoms with Gasteiger partial charge >= 0.3 is 0 Å². The second-order valence-electron chi connectivity index (χ2n) is 6.64. The van der Waals surface area contributed by atoms with Crippen molar-refractivity contribution < 1.29 is 4.79 Å². The quantitative estimate of drug-likeness (QED) is 0.853. The number of amides is 1. The van der Waals surface area contributed by atoms with Gasteiger partial charge in [0.15, 0.2) is 0 Å². The third-order valence-corrected chi connectivity index (χ3v) is 4.98. The van der Waals surface area contributed by atoms with E-state index in [1.165, 1.54) is 0 Å². The summed E-state index contributed by atoms with van der Waals surface area (Å²) in [7, 11) is 0. The molecule has 2 fully saturated rings. The van der Waals surface area contributed by atoms with Crippen LogP contribution in [0.25, 0.3) is 5.65 Å². The van der Waals surface area contributed by atoms with Crippen LogP contribution in [0, 0.1) is 12.8 Å². The number of rotatable bonds is 3. The standard InChI is InChI=1S/C16H22N6O/c1-12-9-14(16-18-17-11-22(16)19-12)20-7-4-13(5-8-20)10-21-6-2-3-15(21)23/h9,11,13H,2-8,10H2,1H3. The lowest BCUT2D eigenvalue weighted by molar-refractivity contribution is -0.128. The Bertz CT molecular complexity index is 718. The average Bonchev–Trinajstić information content (AvgIpc) is 3.17. The number of nitrogens with zero attached hydrogens (tertiary/aromatic N) is 6. The molecular formula is C16H22N6O. The minimum atomic E-state index is 0.336. The number of hydrogen-bond donors (Lipinski definition) is 0. The molecular weight excluding hydrogens is 292 g/mol. The molecule has 2 aromatic rings. The van der Waals surface area contributed by atoms with Crippen LogP contribution in [0.5, 0.6) is 0 Å². The maximum absolute atomic E-state index is 11.8. The normalized spacial score (nSPS) is 20.0. The third kappa shape index (κ3) is 2.75. The van der Waals surface area contributed by atoms with Gasteiger partial charge in [-0.15, -0.1) is 10.2 Å². The molecule has 7 heteroatoms. The van der Waals surface area contributed by atoms with E-state index < -0.39 is 0 Å². The fraction of sp³-hybridized carbons (Fsp3) is 0.625. The predicted molar refractivity (Wildman–Crippen MR) is 86.3 cm³/mol. The Kier molecular flexibility index (Phi) is 3.63. The Labute approximate surface area is 135 Å². The van der Waals surface area contributed by atoms with Crippen LogP contribution < -0.4 is 4.90 Å². The second kappa shape index (κ2) is 5.79. The molecule has 0 aromatic carbocycles.